The minimum atomic E-state index is -1.05. The van der Waals surface area contributed by atoms with Crippen molar-refractivity contribution in [3.8, 4) is 23.3 Å². The third-order valence-electron chi connectivity index (χ3n) is 4.94. The van der Waals surface area contributed by atoms with E-state index in [-0.39, 0.29) is 11.6 Å². The van der Waals surface area contributed by atoms with Crippen LogP contribution < -0.4 is 0 Å². The van der Waals surface area contributed by atoms with Gasteiger partial charge in [-0.2, -0.15) is 10.5 Å². The zero-order chi connectivity index (χ0) is 19.7. The molecule has 2 aromatic rings. The van der Waals surface area contributed by atoms with Crippen LogP contribution in [0.1, 0.15) is 41.2 Å². The first kappa shape index (κ1) is 18.8. The summed E-state index contributed by atoms with van der Waals surface area (Å²) >= 11 is 1.67. The molecule has 0 saturated carbocycles. The van der Waals surface area contributed by atoms with E-state index in [1.54, 1.807) is 23.4 Å². The number of nitriles is 2. The van der Waals surface area contributed by atoms with E-state index in [9.17, 15) is 20.4 Å². The number of hydrogen-bond donors (Lipinski definition) is 1. The summed E-state index contributed by atoms with van der Waals surface area (Å²) in [6.07, 6.45) is 0.574. The molecule has 0 amide bonds. The fourth-order valence-corrected chi connectivity index (χ4v) is 4.87. The van der Waals surface area contributed by atoms with Crippen LogP contribution in [0.3, 0.4) is 0 Å². The van der Waals surface area contributed by atoms with E-state index in [0.717, 1.165) is 21.8 Å². The topological polar surface area (TPSA) is 89.8 Å². The number of carbonyl (C=O) groups is 1. The van der Waals surface area contributed by atoms with Crippen molar-refractivity contribution in [3.63, 3.8) is 0 Å². The number of thioether (sulfide) groups is 1. The molecule has 1 aliphatic rings. The van der Waals surface area contributed by atoms with Crippen LogP contribution >= 0.6 is 11.8 Å². The average Bonchev–Trinajstić information content (AvgIpc) is 3.18. The standard InChI is InChI=1S/C21H19N3O2S/c1-4-17-16(10-23)18(19(21(25)26)24(17)3)13-5-7-14(8-6-13)20-15(9-22)12(2)11-27-20/h5-8,12H,4,11H2,1-3H3,(H,25,26). The molecular weight excluding hydrogens is 358 g/mol. The monoisotopic (exact) mass is 377 g/mol. The molecule has 27 heavy (non-hydrogen) atoms. The molecule has 0 bridgehead atoms. The summed E-state index contributed by atoms with van der Waals surface area (Å²) in [5.41, 5.74) is 4.14. The second-order valence-corrected chi connectivity index (χ2v) is 7.55. The highest BCUT2D eigenvalue weighted by Crippen LogP contribution is 2.42. The van der Waals surface area contributed by atoms with Gasteiger partial charge in [-0.1, -0.05) is 38.1 Å². The number of aromatic carboxylic acids is 1. The molecule has 136 valence electrons. The molecule has 1 N–H and O–H groups in total. The van der Waals surface area contributed by atoms with Crippen molar-refractivity contribution in [3.05, 3.63) is 52.4 Å². The Hall–Kier alpha value is -2.96. The van der Waals surface area contributed by atoms with Gasteiger partial charge in [0.15, 0.2) is 0 Å². The molecule has 1 atom stereocenters. The van der Waals surface area contributed by atoms with Gasteiger partial charge < -0.3 is 9.67 Å². The number of aromatic nitrogens is 1. The molecule has 3 rings (SSSR count). The zero-order valence-corrected chi connectivity index (χ0v) is 16.2. The lowest BCUT2D eigenvalue weighted by Gasteiger charge is -2.07. The Kier molecular flexibility index (Phi) is 5.12. The maximum atomic E-state index is 11.8. The van der Waals surface area contributed by atoms with Gasteiger partial charge in [-0.3, -0.25) is 0 Å². The van der Waals surface area contributed by atoms with Crippen molar-refractivity contribution in [1.82, 2.24) is 4.57 Å². The largest absolute Gasteiger partial charge is 0.477 e. The molecule has 1 unspecified atom stereocenters. The highest BCUT2D eigenvalue weighted by atomic mass is 32.2. The van der Waals surface area contributed by atoms with Gasteiger partial charge in [0.2, 0.25) is 0 Å². The van der Waals surface area contributed by atoms with Gasteiger partial charge in [-0.05, 0) is 17.5 Å². The number of rotatable bonds is 4. The molecule has 1 aromatic heterocycles. The molecule has 6 heteroatoms. The summed E-state index contributed by atoms with van der Waals surface area (Å²) in [7, 11) is 1.68. The second kappa shape index (κ2) is 7.34. The minimum Gasteiger partial charge on any atom is -0.477 e. The molecule has 0 radical (unpaired) electrons. The van der Waals surface area contributed by atoms with Gasteiger partial charge in [0.25, 0.3) is 0 Å². The maximum absolute atomic E-state index is 11.8. The van der Waals surface area contributed by atoms with E-state index in [2.05, 4.69) is 12.1 Å². The maximum Gasteiger partial charge on any atom is 0.353 e. The van der Waals surface area contributed by atoms with E-state index in [4.69, 9.17) is 0 Å². The first-order valence-corrected chi connectivity index (χ1v) is 9.65. The number of allylic oxidation sites excluding steroid dienone is 1. The van der Waals surface area contributed by atoms with Crippen LogP contribution in [0, 0.1) is 28.6 Å². The van der Waals surface area contributed by atoms with Crippen molar-refractivity contribution in [1.29, 1.82) is 10.5 Å². The quantitative estimate of drug-likeness (QED) is 0.850. The minimum absolute atomic E-state index is 0.122. The number of carboxylic acid groups (broad SMARTS) is 1. The van der Waals surface area contributed by atoms with Gasteiger partial charge in [-0.25, -0.2) is 4.79 Å². The van der Waals surface area contributed by atoms with Crippen molar-refractivity contribution in [2.24, 2.45) is 13.0 Å². The molecule has 0 aliphatic carbocycles. The second-order valence-electron chi connectivity index (χ2n) is 6.52. The summed E-state index contributed by atoms with van der Waals surface area (Å²) in [6, 6.07) is 12.0. The first-order chi connectivity index (χ1) is 12.9. The van der Waals surface area contributed by atoms with Crippen LogP contribution in [0.2, 0.25) is 0 Å². The van der Waals surface area contributed by atoms with Crippen molar-refractivity contribution in [2.75, 3.05) is 5.75 Å². The van der Waals surface area contributed by atoms with Gasteiger partial charge in [0, 0.05) is 40.5 Å². The van der Waals surface area contributed by atoms with Gasteiger partial charge in [0.1, 0.15) is 11.8 Å². The molecule has 1 aliphatic heterocycles. The number of benzene rings is 1. The highest BCUT2D eigenvalue weighted by Gasteiger charge is 2.27. The number of nitrogens with zero attached hydrogens (tertiary/aromatic N) is 3. The van der Waals surface area contributed by atoms with E-state index < -0.39 is 5.97 Å². The van der Waals surface area contributed by atoms with Crippen LogP contribution in [0.5, 0.6) is 0 Å². The van der Waals surface area contributed by atoms with Crippen LogP contribution in [0.15, 0.2) is 29.8 Å². The third kappa shape index (κ3) is 3.03. The van der Waals surface area contributed by atoms with Crippen molar-refractivity contribution >= 4 is 22.6 Å². The Bertz CT molecular complexity index is 1030. The van der Waals surface area contributed by atoms with Gasteiger partial charge >= 0.3 is 5.97 Å². The molecule has 0 spiro atoms. The summed E-state index contributed by atoms with van der Waals surface area (Å²) < 4.78 is 1.59. The summed E-state index contributed by atoms with van der Waals surface area (Å²) in [4.78, 5) is 12.8. The fourth-order valence-electron chi connectivity index (χ4n) is 3.58. The van der Waals surface area contributed by atoms with Crippen LogP contribution in [0.25, 0.3) is 16.0 Å². The highest BCUT2D eigenvalue weighted by molar-refractivity contribution is 8.08. The SMILES string of the molecule is CCc1c(C#N)c(-c2ccc(C3=C(C#N)C(C)CS3)cc2)c(C(=O)O)n1C. The molecule has 2 heterocycles. The number of hydrogen-bond acceptors (Lipinski definition) is 4. The Morgan fingerprint density at radius 3 is 2.41 bits per heavy atom. The Morgan fingerprint density at radius 1 is 1.26 bits per heavy atom. The lowest BCUT2D eigenvalue weighted by Crippen LogP contribution is -2.07. The fraction of sp³-hybridized carbons (Fsp3) is 0.286. The third-order valence-corrected chi connectivity index (χ3v) is 6.35. The van der Waals surface area contributed by atoms with E-state index >= 15 is 0 Å². The van der Waals surface area contributed by atoms with Gasteiger partial charge in [0.05, 0.1) is 11.6 Å². The van der Waals surface area contributed by atoms with Crippen LogP contribution in [-0.2, 0) is 13.5 Å². The van der Waals surface area contributed by atoms with E-state index in [1.807, 2.05) is 38.1 Å². The molecular formula is C21H19N3O2S. The van der Waals surface area contributed by atoms with Crippen molar-refractivity contribution in [2.45, 2.75) is 20.3 Å². The van der Waals surface area contributed by atoms with Gasteiger partial charge in [-0.15, -0.1) is 11.8 Å². The van der Waals surface area contributed by atoms with Crippen LogP contribution in [-0.4, -0.2) is 21.4 Å². The normalized spacial score (nSPS) is 16.3. The van der Waals surface area contributed by atoms with Crippen molar-refractivity contribution < 1.29 is 9.90 Å². The van der Waals surface area contributed by atoms with Crippen LogP contribution in [0.4, 0.5) is 0 Å². The number of carboxylic acids is 1. The average molecular weight is 377 g/mol. The first-order valence-electron chi connectivity index (χ1n) is 8.67. The zero-order valence-electron chi connectivity index (χ0n) is 15.4. The summed E-state index contributed by atoms with van der Waals surface area (Å²) in [5, 5.41) is 28.7. The lowest BCUT2D eigenvalue weighted by molar-refractivity contribution is 0.0687. The lowest BCUT2D eigenvalue weighted by atomic mass is 9.97. The van der Waals surface area contributed by atoms with E-state index in [1.165, 1.54) is 0 Å². The summed E-state index contributed by atoms with van der Waals surface area (Å²) in [5.74, 6) is 0.0717. The molecule has 5 nitrogen and oxygen atoms in total. The predicted octanol–water partition coefficient (Wildman–Crippen LogP) is 4.44. The van der Waals surface area contributed by atoms with E-state index in [0.29, 0.717) is 28.8 Å². The molecule has 0 fully saturated rings. The Balaban J connectivity index is 2.15. The smallest absolute Gasteiger partial charge is 0.353 e. The predicted molar refractivity (Wildman–Crippen MR) is 106 cm³/mol. The molecule has 1 aromatic carbocycles. The Morgan fingerprint density at radius 2 is 1.89 bits per heavy atom. The summed E-state index contributed by atoms with van der Waals surface area (Å²) in [6.45, 7) is 3.95. The molecule has 0 saturated heterocycles. The Labute approximate surface area is 162 Å².